The zero-order valence-corrected chi connectivity index (χ0v) is 16.7. The lowest BCUT2D eigenvalue weighted by Gasteiger charge is -2.11. The average molecular weight is 383 g/mol. The molecular formula is C30H22. The van der Waals surface area contributed by atoms with Crippen molar-refractivity contribution in [3.05, 3.63) is 131 Å². The lowest BCUT2D eigenvalue weighted by Crippen LogP contribution is -1.87. The fraction of sp³-hybridized carbons (Fsp3) is 0. The molecule has 0 aliphatic heterocycles. The Balaban J connectivity index is 1.73. The molecule has 0 aromatic heterocycles. The molecule has 0 spiro atoms. The molecule has 0 amide bonds. The van der Waals surface area contributed by atoms with Crippen molar-refractivity contribution < 1.29 is 0 Å². The van der Waals surface area contributed by atoms with Crippen LogP contribution in [0.5, 0.6) is 0 Å². The lowest BCUT2D eigenvalue weighted by molar-refractivity contribution is 1.66. The molecule has 0 nitrogen and oxygen atoms in total. The quantitative estimate of drug-likeness (QED) is 0.216. The van der Waals surface area contributed by atoms with Crippen LogP contribution in [0.15, 0.2) is 109 Å². The summed E-state index contributed by atoms with van der Waals surface area (Å²) in [5, 5.41) is 5.09. The van der Waals surface area contributed by atoms with E-state index in [1.54, 1.807) is 0 Å². The molecule has 0 heteroatoms. The standard InChI is InChI=1S/C30H22/c1-3-10-23(11-4-1)18-20-25-15-9-16-27-22-26-14-7-8-17-28(26)29(30(25)27)21-19-24-12-5-2-6-13-24/h1-22H. The van der Waals surface area contributed by atoms with Crippen LogP contribution in [0.4, 0.5) is 0 Å². The summed E-state index contributed by atoms with van der Waals surface area (Å²) >= 11 is 0. The number of hydrogen-bond donors (Lipinski definition) is 0. The summed E-state index contributed by atoms with van der Waals surface area (Å²) in [6.45, 7) is 0. The molecule has 0 unspecified atom stereocenters. The van der Waals surface area contributed by atoms with E-state index in [1.807, 2.05) is 6.07 Å². The first-order valence-corrected chi connectivity index (χ1v) is 10.3. The first-order chi connectivity index (χ1) is 14.9. The molecule has 0 bridgehead atoms. The number of fused-ring (bicyclic) bond motifs is 2. The predicted molar refractivity (Wildman–Crippen MR) is 132 cm³/mol. The molecule has 0 heterocycles. The first kappa shape index (κ1) is 18.1. The summed E-state index contributed by atoms with van der Waals surface area (Å²) in [5.41, 5.74) is 4.91. The van der Waals surface area contributed by atoms with Crippen molar-refractivity contribution in [1.82, 2.24) is 0 Å². The van der Waals surface area contributed by atoms with E-state index in [0.29, 0.717) is 0 Å². The van der Waals surface area contributed by atoms with Gasteiger partial charge in [-0.15, -0.1) is 0 Å². The van der Waals surface area contributed by atoms with Gasteiger partial charge in [0.2, 0.25) is 0 Å². The number of rotatable bonds is 4. The Bertz CT molecular complexity index is 1360. The van der Waals surface area contributed by atoms with Gasteiger partial charge in [-0.3, -0.25) is 0 Å². The largest absolute Gasteiger partial charge is 0.0622 e. The van der Waals surface area contributed by atoms with Gasteiger partial charge in [0.1, 0.15) is 0 Å². The van der Waals surface area contributed by atoms with Crippen LogP contribution in [0.25, 0.3) is 45.8 Å². The second-order valence-corrected chi connectivity index (χ2v) is 7.44. The Morgan fingerprint density at radius 2 is 1.03 bits per heavy atom. The minimum Gasteiger partial charge on any atom is -0.0622 e. The van der Waals surface area contributed by atoms with Crippen LogP contribution in [0.1, 0.15) is 22.3 Å². The number of hydrogen-bond acceptors (Lipinski definition) is 0. The maximum absolute atomic E-state index is 2.30. The van der Waals surface area contributed by atoms with E-state index < -0.39 is 0 Å². The van der Waals surface area contributed by atoms with Crippen LogP contribution in [0.2, 0.25) is 0 Å². The zero-order valence-electron chi connectivity index (χ0n) is 16.7. The van der Waals surface area contributed by atoms with E-state index in [9.17, 15) is 0 Å². The number of benzene rings is 5. The summed E-state index contributed by atoms with van der Waals surface area (Å²) < 4.78 is 0. The highest BCUT2D eigenvalue weighted by Crippen LogP contribution is 2.33. The molecule has 0 radical (unpaired) electrons. The third kappa shape index (κ3) is 3.68. The molecule has 5 aromatic carbocycles. The molecule has 0 saturated carbocycles. The first-order valence-electron chi connectivity index (χ1n) is 10.3. The van der Waals surface area contributed by atoms with Crippen molar-refractivity contribution in [2.75, 3.05) is 0 Å². The van der Waals surface area contributed by atoms with Gasteiger partial charge < -0.3 is 0 Å². The molecular weight excluding hydrogens is 360 g/mol. The third-order valence-corrected chi connectivity index (χ3v) is 5.46. The third-order valence-electron chi connectivity index (χ3n) is 5.46. The minimum absolute atomic E-state index is 1.20. The molecule has 0 aliphatic rings. The SMILES string of the molecule is C(=Cc1cccc2cc3ccccc3c(C=Cc3ccccc3)c12)c1ccccc1. The van der Waals surface area contributed by atoms with Crippen molar-refractivity contribution >= 4 is 45.8 Å². The van der Waals surface area contributed by atoms with Crippen LogP contribution < -0.4 is 0 Å². The van der Waals surface area contributed by atoms with Crippen LogP contribution in [-0.2, 0) is 0 Å². The molecule has 5 rings (SSSR count). The van der Waals surface area contributed by atoms with Crippen LogP contribution in [0.3, 0.4) is 0 Å². The fourth-order valence-corrected chi connectivity index (χ4v) is 4.00. The molecule has 0 saturated heterocycles. The maximum atomic E-state index is 2.30. The molecule has 5 aromatic rings. The van der Waals surface area contributed by atoms with E-state index in [4.69, 9.17) is 0 Å². The van der Waals surface area contributed by atoms with Gasteiger partial charge in [-0.1, -0.05) is 127 Å². The van der Waals surface area contributed by atoms with Gasteiger partial charge in [0.05, 0.1) is 0 Å². The lowest BCUT2D eigenvalue weighted by atomic mass is 9.92. The van der Waals surface area contributed by atoms with Gasteiger partial charge in [-0.05, 0) is 49.9 Å². The van der Waals surface area contributed by atoms with Gasteiger partial charge >= 0.3 is 0 Å². The molecule has 0 aliphatic carbocycles. The smallest absolute Gasteiger partial charge is 0.00324 e. The Labute approximate surface area is 177 Å². The van der Waals surface area contributed by atoms with E-state index in [1.165, 1.54) is 43.8 Å². The van der Waals surface area contributed by atoms with E-state index in [2.05, 4.69) is 127 Å². The minimum atomic E-state index is 1.20. The molecule has 30 heavy (non-hydrogen) atoms. The summed E-state index contributed by atoms with van der Waals surface area (Å²) in [4.78, 5) is 0. The van der Waals surface area contributed by atoms with Crippen molar-refractivity contribution in [2.24, 2.45) is 0 Å². The Morgan fingerprint density at radius 3 is 1.77 bits per heavy atom. The van der Waals surface area contributed by atoms with E-state index in [-0.39, 0.29) is 0 Å². The van der Waals surface area contributed by atoms with Crippen LogP contribution >= 0.6 is 0 Å². The second-order valence-electron chi connectivity index (χ2n) is 7.44. The Morgan fingerprint density at radius 1 is 0.433 bits per heavy atom. The van der Waals surface area contributed by atoms with Crippen molar-refractivity contribution in [3.63, 3.8) is 0 Å². The summed E-state index contributed by atoms with van der Waals surface area (Å²) in [6, 6.07) is 38.4. The monoisotopic (exact) mass is 382 g/mol. The van der Waals surface area contributed by atoms with Gasteiger partial charge in [0, 0.05) is 0 Å². The van der Waals surface area contributed by atoms with E-state index >= 15 is 0 Å². The summed E-state index contributed by atoms with van der Waals surface area (Å²) in [6.07, 6.45) is 8.89. The molecule has 0 N–H and O–H groups in total. The molecule has 0 fully saturated rings. The Kier molecular flexibility index (Phi) is 4.98. The second kappa shape index (κ2) is 8.23. The van der Waals surface area contributed by atoms with Crippen molar-refractivity contribution in [2.45, 2.75) is 0 Å². The van der Waals surface area contributed by atoms with Gasteiger partial charge in [-0.25, -0.2) is 0 Å². The van der Waals surface area contributed by atoms with Gasteiger partial charge in [0.25, 0.3) is 0 Å². The van der Waals surface area contributed by atoms with Crippen molar-refractivity contribution in [3.8, 4) is 0 Å². The van der Waals surface area contributed by atoms with Crippen LogP contribution in [-0.4, -0.2) is 0 Å². The predicted octanol–water partition coefficient (Wildman–Crippen LogP) is 8.33. The maximum Gasteiger partial charge on any atom is -0.00324 e. The Hall–Kier alpha value is -3.90. The van der Waals surface area contributed by atoms with Crippen LogP contribution in [0, 0.1) is 0 Å². The molecule has 0 atom stereocenters. The average Bonchev–Trinajstić information content (AvgIpc) is 2.81. The highest BCUT2D eigenvalue weighted by Gasteiger charge is 2.08. The normalized spacial score (nSPS) is 11.7. The van der Waals surface area contributed by atoms with Gasteiger partial charge in [0.15, 0.2) is 0 Å². The molecule has 142 valence electrons. The zero-order chi connectivity index (χ0) is 20.2. The van der Waals surface area contributed by atoms with E-state index in [0.717, 1.165) is 0 Å². The van der Waals surface area contributed by atoms with Crippen molar-refractivity contribution in [1.29, 1.82) is 0 Å². The fourth-order valence-electron chi connectivity index (χ4n) is 4.00. The van der Waals surface area contributed by atoms with Gasteiger partial charge in [-0.2, -0.15) is 0 Å². The topological polar surface area (TPSA) is 0 Å². The highest BCUT2D eigenvalue weighted by molar-refractivity contribution is 6.11. The highest BCUT2D eigenvalue weighted by atomic mass is 14.1. The summed E-state index contributed by atoms with van der Waals surface area (Å²) in [5.74, 6) is 0. The summed E-state index contributed by atoms with van der Waals surface area (Å²) in [7, 11) is 0.